The van der Waals surface area contributed by atoms with E-state index in [1.54, 1.807) is 13.0 Å². The average Bonchev–Trinajstić information content (AvgIpc) is 2.31. The molecule has 2 N–H and O–H groups in total. The lowest BCUT2D eigenvalue weighted by Gasteiger charge is -2.10. The van der Waals surface area contributed by atoms with Crippen LogP contribution in [0.5, 0.6) is 0 Å². The number of carbonyl (C=O) groups is 1. The fourth-order valence-electron chi connectivity index (χ4n) is 1.72. The molecule has 90 valence electrons. The van der Waals surface area contributed by atoms with E-state index >= 15 is 0 Å². The molecule has 0 heterocycles. The number of benzene rings is 1. The molecule has 1 aromatic rings. The van der Waals surface area contributed by atoms with Crippen molar-refractivity contribution < 1.29 is 9.53 Å². The van der Waals surface area contributed by atoms with Crippen molar-refractivity contribution in [2.24, 2.45) is 5.73 Å². The van der Waals surface area contributed by atoms with Gasteiger partial charge in [-0.05, 0) is 30.5 Å². The van der Waals surface area contributed by atoms with Crippen LogP contribution in [0.15, 0.2) is 12.1 Å². The minimum absolute atomic E-state index is 0.115. The predicted molar refractivity (Wildman–Crippen MR) is 64.1 cm³/mol. The Morgan fingerprint density at radius 3 is 2.76 bits per heavy atom. The summed E-state index contributed by atoms with van der Waals surface area (Å²) < 4.78 is 4.87. The summed E-state index contributed by atoms with van der Waals surface area (Å²) in [5, 5.41) is 9.14. The third kappa shape index (κ3) is 3.05. The van der Waals surface area contributed by atoms with E-state index in [4.69, 9.17) is 15.7 Å². The Kier molecular flexibility index (Phi) is 4.68. The summed E-state index contributed by atoms with van der Waals surface area (Å²) in [6.45, 7) is 4.29. The minimum Gasteiger partial charge on any atom is -0.466 e. The molecule has 0 aromatic heterocycles. The lowest BCUT2D eigenvalue weighted by Crippen LogP contribution is -2.11. The van der Waals surface area contributed by atoms with Crippen LogP contribution in [0.3, 0.4) is 0 Å². The monoisotopic (exact) mass is 232 g/mol. The van der Waals surface area contributed by atoms with Gasteiger partial charge < -0.3 is 10.5 Å². The molecule has 0 unspecified atom stereocenters. The third-order valence-corrected chi connectivity index (χ3v) is 2.59. The van der Waals surface area contributed by atoms with E-state index in [1.165, 1.54) is 0 Å². The highest BCUT2D eigenvalue weighted by atomic mass is 16.5. The van der Waals surface area contributed by atoms with Crippen LogP contribution < -0.4 is 5.73 Å². The van der Waals surface area contributed by atoms with Crippen LogP contribution in [0.1, 0.15) is 29.2 Å². The van der Waals surface area contributed by atoms with Crippen LogP contribution >= 0.6 is 0 Å². The highest BCUT2D eigenvalue weighted by Crippen LogP contribution is 2.18. The maximum Gasteiger partial charge on any atom is 0.310 e. The Hall–Kier alpha value is -1.86. The number of carbonyl (C=O) groups excluding carboxylic acids is 1. The molecule has 0 atom stereocenters. The van der Waals surface area contributed by atoms with Crippen LogP contribution in [-0.4, -0.2) is 12.6 Å². The summed E-state index contributed by atoms with van der Waals surface area (Å²) in [6, 6.07) is 5.77. The minimum atomic E-state index is -0.323. The fourth-order valence-corrected chi connectivity index (χ4v) is 1.72. The van der Waals surface area contributed by atoms with Gasteiger partial charge in [0.05, 0.1) is 24.7 Å². The molecular weight excluding hydrogens is 216 g/mol. The zero-order valence-electron chi connectivity index (χ0n) is 10.1. The molecule has 0 amide bonds. The van der Waals surface area contributed by atoms with Gasteiger partial charge in [-0.25, -0.2) is 0 Å². The molecule has 0 spiro atoms. The molecule has 1 aromatic carbocycles. The number of rotatable bonds is 4. The number of ether oxygens (including phenoxy) is 1. The molecule has 0 radical (unpaired) electrons. The maximum atomic E-state index is 11.4. The molecule has 4 heteroatoms. The van der Waals surface area contributed by atoms with Crippen LogP contribution in [0.2, 0.25) is 0 Å². The van der Waals surface area contributed by atoms with Gasteiger partial charge in [0.2, 0.25) is 0 Å². The highest BCUT2D eigenvalue weighted by Gasteiger charge is 2.13. The van der Waals surface area contributed by atoms with Gasteiger partial charge in [0.1, 0.15) is 0 Å². The number of nitriles is 1. The van der Waals surface area contributed by atoms with Crippen molar-refractivity contribution in [1.82, 2.24) is 0 Å². The quantitative estimate of drug-likeness (QED) is 0.797. The zero-order chi connectivity index (χ0) is 12.8. The van der Waals surface area contributed by atoms with E-state index in [0.29, 0.717) is 24.3 Å². The first-order chi connectivity index (χ1) is 8.13. The van der Waals surface area contributed by atoms with Gasteiger partial charge >= 0.3 is 5.97 Å². The lowest BCUT2D eigenvalue weighted by molar-refractivity contribution is -0.142. The molecule has 1 rings (SSSR count). The molecule has 4 nitrogen and oxygen atoms in total. The molecule has 17 heavy (non-hydrogen) atoms. The van der Waals surface area contributed by atoms with E-state index in [1.807, 2.05) is 13.0 Å². The molecule has 0 aliphatic heterocycles. The number of esters is 1. The van der Waals surface area contributed by atoms with Gasteiger partial charge in [-0.3, -0.25) is 4.79 Å². The zero-order valence-corrected chi connectivity index (χ0v) is 10.1. The Labute approximate surface area is 101 Å². The number of nitrogens with zero attached hydrogens (tertiary/aromatic N) is 1. The molecule has 0 aliphatic rings. The molecule has 0 saturated carbocycles. The molecule has 0 bridgehead atoms. The van der Waals surface area contributed by atoms with Crippen molar-refractivity contribution >= 4 is 5.97 Å². The summed E-state index contributed by atoms with van der Waals surface area (Å²) in [4.78, 5) is 11.4. The van der Waals surface area contributed by atoms with Crippen molar-refractivity contribution in [1.29, 1.82) is 5.26 Å². The molecule has 0 saturated heterocycles. The van der Waals surface area contributed by atoms with Gasteiger partial charge in [0.25, 0.3) is 0 Å². The van der Waals surface area contributed by atoms with Crippen molar-refractivity contribution in [3.63, 3.8) is 0 Å². The van der Waals surface area contributed by atoms with E-state index in [-0.39, 0.29) is 12.4 Å². The van der Waals surface area contributed by atoms with Crippen LogP contribution in [0, 0.1) is 18.3 Å². The average molecular weight is 232 g/mol. The van der Waals surface area contributed by atoms with Crippen LogP contribution in [0.4, 0.5) is 0 Å². The first kappa shape index (κ1) is 13.2. The second kappa shape index (κ2) is 6.02. The number of nitrogens with two attached hydrogens (primary N) is 1. The SMILES string of the molecule is CCOC(=O)Cc1ccc(C)c(CN)c1C#N. The maximum absolute atomic E-state index is 11.4. The van der Waals surface area contributed by atoms with Gasteiger partial charge in [-0.2, -0.15) is 5.26 Å². The molecular formula is C13H16N2O2. The van der Waals surface area contributed by atoms with Crippen LogP contribution in [-0.2, 0) is 22.5 Å². The molecule has 0 aliphatic carbocycles. The smallest absolute Gasteiger partial charge is 0.310 e. The first-order valence-corrected chi connectivity index (χ1v) is 5.51. The molecule has 0 fully saturated rings. The van der Waals surface area contributed by atoms with E-state index in [0.717, 1.165) is 11.1 Å². The van der Waals surface area contributed by atoms with Crippen molar-refractivity contribution in [3.8, 4) is 6.07 Å². The third-order valence-electron chi connectivity index (χ3n) is 2.59. The Morgan fingerprint density at radius 1 is 1.53 bits per heavy atom. The van der Waals surface area contributed by atoms with Gasteiger partial charge in [0.15, 0.2) is 0 Å². The Morgan fingerprint density at radius 2 is 2.24 bits per heavy atom. The predicted octanol–water partition coefficient (Wildman–Crippen LogP) is 1.43. The second-order valence-electron chi connectivity index (χ2n) is 3.69. The second-order valence-corrected chi connectivity index (χ2v) is 3.69. The van der Waals surface area contributed by atoms with E-state index < -0.39 is 0 Å². The fraction of sp³-hybridized carbons (Fsp3) is 0.385. The van der Waals surface area contributed by atoms with Crippen molar-refractivity contribution in [2.45, 2.75) is 26.8 Å². The number of hydrogen-bond donors (Lipinski definition) is 1. The summed E-state index contributed by atoms with van der Waals surface area (Å²) in [5.74, 6) is -0.323. The first-order valence-electron chi connectivity index (χ1n) is 5.51. The van der Waals surface area contributed by atoms with Crippen molar-refractivity contribution in [3.05, 3.63) is 34.4 Å². The van der Waals surface area contributed by atoms with E-state index in [2.05, 4.69) is 6.07 Å². The van der Waals surface area contributed by atoms with E-state index in [9.17, 15) is 4.79 Å². The summed E-state index contributed by atoms with van der Waals surface area (Å²) in [6.07, 6.45) is 0.115. The van der Waals surface area contributed by atoms with Crippen LogP contribution in [0.25, 0.3) is 0 Å². The summed E-state index contributed by atoms with van der Waals surface area (Å²) >= 11 is 0. The van der Waals surface area contributed by atoms with Gasteiger partial charge in [-0.1, -0.05) is 12.1 Å². The standard InChI is InChI=1S/C13H16N2O2/c1-3-17-13(16)6-10-5-4-9(2)11(7-14)12(10)8-15/h4-5H,3,6-7,14H2,1-2H3. The Bertz CT molecular complexity index is 461. The number of aryl methyl sites for hydroxylation is 1. The van der Waals surface area contributed by atoms with Crippen molar-refractivity contribution in [2.75, 3.05) is 6.61 Å². The summed E-state index contributed by atoms with van der Waals surface area (Å²) in [5.41, 5.74) is 8.57. The highest BCUT2D eigenvalue weighted by molar-refractivity contribution is 5.74. The largest absolute Gasteiger partial charge is 0.466 e. The summed E-state index contributed by atoms with van der Waals surface area (Å²) in [7, 11) is 0. The van der Waals surface area contributed by atoms with Gasteiger partial charge in [0, 0.05) is 6.54 Å². The normalized spacial score (nSPS) is 9.76. The topological polar surface area (TPSA) is 76.1 Å². The van der Waals surface area contributed by atoms with Gasteiger partial charge in [-0.15, -0.1) is 0 Å². The number of hydrogen-bond acceptors (Lipinski definition) is 4. The Balaban J connectivity index is 3.09. The lowest BCUT2D eigenvalue weighted by atomic mass is 9.95.